The van der Waals surface area contributed by atoms with Crippen molar-refractivity contribution in [1.82, 2.24) is 10.2 Å². The molecule has 2 aromatic rings. The van der Waals surface area contributed by atoms with Crippen LogP contribution in [-0.4, -0.2) is 22.3 Å². The lowest BCUT2D eigenvalue weighted by molar-refractivity contribution is 0.415. The van der Waals surface area contributed by atoms with Crippen LogP contribution >= 0.6 is 23.8 Å². The van der Waals surface area contributed by atoms with Gasteiger partial charge in [-0.1, -0.05) is 23.8 Å². The molecule has 0 spiro atoms. The van der Waals surface area contributed by atoms with Gasteiger partial charge in [0.25, 0.3) is 0 Å². The molecule has 0 amide bonds. The largest absolute Gasteiger partial charge is 0.497 e. The summed E-state index contributed by atoms with van der Waals surface area (Å²) in [5, 5.41) is 11.3. The number of aromatic nitrogens is 2. The van der Waals surface area contributed by atoms with E-state index in [2.05, 4.69) is 15.5 Å². The predicted molar refractivity (Wildman–Crippen MR) is 79.2 cm³/mol. The summed E-state index contributed by atoms with van der Waals surface area (Å²) in [5.41, 5.74) is 6.87. The van der Waals surface area contributed by atoms with Crippen molar-refractivity contribution in [2.24, 2.45) is 5.73 Å². The van der Waals surface area contributed by atoms with Gasteiger partial charge in [0, 0.05) is 6.07 Å². The number of nitrogens with two attached hydrogens (primary N) is 1. The van der Waals surface area contributed by atoms with Gasteiger partial charge in [0.2, 0.25) is 0 Å². The summed E-state index contributed by atoms with van der Waals surface area (Å²) in [6, 6.07) is 6.92. The molecule has 5 nitrogen and oxygen atoms in total. The van der Waals surface area contributed by atoms with Crippen LogP contribution in [0.5, 0.6) is 5.75 Å². The molecule has 0 fully saturated rings. The zero-order chi connectivity index (χ0) is 13.8. The molecule has 0 aliphatic heterocycles. The van der Waals surface area contributed by atoms with Crippen LogP contribution in [0.15, 0.2) is 30.5 Å². The van der Waals surface area contributed by atoms with Gasteiger partial charge in [0.15, 0.2) is 5.82 Å². The number of rotatable bonds is 4. The number of hydrogen-bond acceptors (Lipinski definition) is 5. The lowest BCUT2D eigenvalue weighted by atomic mass is 10.2. The second-order valence-corrected chi connectivity index (χ2v) is 4.48. The van der Waals surface area contributed by atoms with Crippen LogP contribution in [-0.2, 0) is 0 Å². The smallest absolute Gasteiger partial charge is 0.163 e. The van der Waals surface area contributed by atoms with E-state index in [-0.39, 0.29) is 4.99 Å². The molecule has 3 N–H and O–H groups in total. The third kappa shape index (κ3) is 3.10. The van der Waals surface area contributed by atoms with E-state index in [4.69, 9.17) is 34.3 Å². The molecule has 0 aliphatic carbocycles. The third-order valence-corrected chi connectivity index (χ3v) is 2.96. The zero-order valence-electron chi connectivity index (χ0n) is 10.1. The van der Waals surface area contributed by atoms with Crippen LogP contribution in [0.4, 0.5) is 11.5 Å². The molecule has 98 valence electrons. The molecular weight excluding hydrogens is 284 g/mol. The van der Waals surface area contributed by atoms with Crippen molar-refractivity contribution < 1.29 is 4.74 Å². The molecule has 0 atom stereocenters. The molecule has 0 saturated carbocycles. The number of nitrogens with one attached hydrogen (secondary N) is 1. The number of anilines is 2. The van der Waals surface area contributed by atoms with Crippen LogP contribution in [0, 0.1) is 0 Å². The fourth-order valence-electron chi connectivity index (χ4n) is 1.48. The van der Waals surface area contributed by atoms with Crippen LogP contribution in [0.2, 0.25) is 5.02 Å². The van der Waals surface area contributed by atoms with Crippen LogP contribution < -0.4 is 15.8 Å². The number of nitrogens with zero attached hydrogens (tertiary/aromatic N) is 2. The van der Waals surface area contributed by atoms with Gasteiger partial charge in [-0.2, -0.15) is 5.10 Å². The minimum atomic E-state index is 0.233. The number of methoxy groups -OCH3 is 1. The van der Waals surface area contributed by atoms with E-state index >= 15 is 0 Å². The van der Waals surface area contributed by atoms with Gasteiger partial charge in [-0.05, 0) is 18.2 Å². The topological polar surface area (TPSA) is 73.1 Å². The Kier molecular flexibility index (Phi) is 4.13. The Bertz CT molecular complexity index is 620. The van der Waals surface area contributed by atoms with E-state index in [1.54, 1.807) is 31.4 Å². The first-order valence-electron chi connectivity index (χ1n) is 5.34. The zero-order valence-corrected chi connectivity index (χ0v) is 11.6. The molecule has 19 heavy (non-hydrogen) atoms. The van der Waals surface area contributed by atoms with Gasteiger partial charge in [-0.15, -0.1) is 5.10 Å². The molecule has 0 bridgehead atoms. The lowest BCUT2D eigenvalue weighted by Crippen LogP contribution is -2.13. The van der Waals surface area contributed by atoms with Crippen LogP contribution in [0.3, 0.4) is 0 Å². The summed E-state index contributed by atoms with van der Waals surface area (Å²) in [6.07, 6.45) is 1.52. The van der Waals surface area contributed by atoms with Gasteiger partial charge in [0.1, 0.15) is 10.7 Å². The molecular formula is C12H11ClN4OS. The second-order valence-electron chi connectivity index (χ2n) is 3.63. The Morgan fingerprint density at radius 2 is 2.21 bits per heavy atom. The standard InChI is InChI=1S/C12H11ClN4OS/c1-18-7-2-3-9(13)10(6-7)16-12-8(11(14)19)4-5-15-17-12/h2-6H,1H3,(H2,14,19)(H,16,17). The fourth-order valence-corrected chi connectivity index (χ4v) is 1.81. The Balaban J connectivity index is 2.38. The summed E-state index contributed by atoms with van der Waals surface area (Å²) in [5.74, 6) is 1.12. The molecule has 7 heteroatoms. The van der Waals surface area contributed by atoms with Gasteiger partial charge in [-0.25, -0.2) is 0 Å². The number of benzene rings is 1. The SMILES string of the molecule is COc1ccc(Cl)c(Nc2nnccc2C(N)=S)c1. The first-order chi connectivity index (χ1) is 9.11. The number of ether oxygens (including phenoxy) is 1. The maximum Gasteiger partial charge on any atom is 0.163 e. The van der Waals surface area contributed by atoms with Crippen LogP contribution in [0.1, 0.15) is 5.56 Å². The van der Waals surface area contributed by atoms with Crippen molar-refractivity contribution in [1.29, 1.82) is 0 Å². The minimum Gasteiger partial charge on any atom is -0.497 e. The molecule has 1 aromatic heterocycles. The first-order valence-corrected chi connectivity index (χ1v) is 6.12. The molecule has 0 saturated heterocycles. The average Bonchev–Trinajstić information content (AvgIpc) is 2.41. The van der Waals surface area contributed by atoms with Gasteiger partial charge >= 0.3 is 0 Å². The van der Waals surface area contributed by atoms with E-state index in [1.165, 1.54) is 6.20 Å². The van der Waals surface area contributed by atoms with Crippen molar-refractivity contribution in [2.45, 2.75) is 0 Å². The fraction of sp³-hybridized carbons (Fsp3) is 0.0833. The highest BCUT2D eigenvalue weighted by Gasteiger charge is 2.09. The maximum atomic E-state index is 6.10. The summed E-state index contributed by atoms with van der Waals surface area (Å²) in [7, 11) is 1.58. The summed E-state index contributed by atoms with van der Waals surface area (Å²) in [6.45, 7) is 0. The van der Waals surface area contributed by atoms with Gasteiger partial charge in [0.05, 0.1) is 29.6 Å². The predicted octanol–water partition coefficient (Wildman–Crippen LogP) is 2.52. The molecule has 0 radical (unpaired) electrons. The van der Waals surface area contributed by atoms with Crippen molar-refractivity contribution in [3.8, 4) is 5.75 Å². The second kappa shape index (κ2) is 5.81. The molecule has 0 unspecified atom stereocenters. The van der Waals surface area contributed by atoms with E-state index in [9.17, 15) is 0 Å². The van der Waals surface area contributed by atoms with Crippen LogP contribution in [0.25, 0.3) is 0 Å². The maximum absolute atomic E-state index is 6.10. The van der Waals surface area contributed by atoms with Crippen molar-refractivity contribution in [3.63, 3.8) is 0 Å². The molecule has 1 heterocycles. The highest BCUT2D eigenvalue weighted by atomic mass is 35.5. The van der Waals surface area contributed by atoms with E-state index < -0.39 is 0 Å². The normalized spacial score (nSPS) is 10.0. The molecule has 2 rings (SSSR count). The Morgan fingerprint density at radius 3 is 2.89 bits per heavy atom. The third-order valence-electron chi connectivity index (χ3n) is 2.41. The van der Waals surface area contributed by atoms with Crippen molar-refractivity contribution >= 4 is 40.3 Å². The monoisotopic (exact) mass is 294 g/mol. The molecule has 1 aromatic carbocycles. The van der Waals surface area contributed by atoms with Crippen molar-refractivity contribution in [3.05, 3.63) is 41.0 Å². The van der Waals surface area contributed by atoms with E-state index in [0.29, 0.717) is 27.8 Å². The summed E-state index contributed by atoms with van der Waals surface area (Å²) < 4.78 is 5.14. The van der Waals surface area contributed by atoms with E-state index in [1.807, 2.05) is 0 Å². The quantitative estimate of drug-likeness (QED) is 0.844. The number of halogens is 1. The number of thiocarbonyl (C=S) groups is 1. The summed E-state index contributed by atoms with van der Waals surface area (Å²) >= 11 is 11.1. The molecule has 0 aliphatic rings. The highest BCUT2D eigenvalue weighted by Crippen LogP contribution is 2.29. The van der Waals surface area contributed by atoms with Gasteiger partial charge in [-0.3, -0.25) is 0 Å². The first kappa shape index (κ1) is 13.5. The Labute approximate surface area is 120 Å². The number of hydrogen-bond donors (Lipinski definition) is 2. The van der Waals surface area contributed by atoms with Gasteiger partial charge < -0.3 is 15.8 Å². The van der Waals surface area contributed by atoms with E-state index in [0.717, 1.165) is 0 Å². The summed E-state index contributed by atoms with van der Waals surface area (Å²) in [4.78, 5) is 0.233. The Morgan fingerprint density at radius 1 is 1.42 bits per heavy atom. The van der Waals surface area contributed by atoms with Crippen molar-refractivity contribution in [2.75, 3.05) is 12.4 Å². The lowest BCUT2D eigenvalue weighted by Gasteiger charge is -2.11. The minimum absolute atomic E-state index is 0.233. The Hall–Kier alpha value is -1.92. The highest BCUT2D eigenvalue weighted by molar-refractivity contribution is 7.80. The average molecular weight is 295 g/mol.